The number of ketones is 1. The molecule has 1 aromatic rings. The number of aliphatic carboxylic acids is 1. The van der Waals surface area contributed by atoms with Crippen molar-refractivity contribution in [3.05, 3.63) is 35.9 Å². The zero-order valence-corrected chi connectivity index (χ0v) is 19.0. The molecule has 0 heterocycles. The van der Waals surface area contributed by atoms with Crippen LogP contribution in [0.25, 0.3) is 0 Å². The monoisotopic (exact) mass is 447 g/mol. The molecule has 3 atom stereocenters. The lowest BCUT2D eigenvalue weighted by molar-refractivity contribution is -0.140. The number of hydrogen-bond acceptors (Lipinski definition) is 5. The van der Waals surface area contributed by atoms with Crippen LogP contribution in [-0.2, 0) is 30.4 Å². The van der Waals surface area contributed by atoms with E-state index in [1.54, 1.807) is 20.8 Å². The van der Waals surface area contributed by atoms with Gasteiger partial charge >= 0.3 is 5.97 Å². The van der Waals surface area contributed by atoms with Crippen LogP contribution in [0.3, 0.4) is 0 Å². The predicted octanol–water partition coefficient (Wildman–Crippen LogP) is 1.20. The minimum atomic E-state index is -1.22. The Morgan fingerprint density at radius 3 is 2.06 bits per heavy atom. The largest absolute Gasteiger partial charge is 0.481 e. The van der Waals surface area contributed by atoms with E-state index in [4.69, 9.17) is 5.11 Å². The summed E-state index contributed by atoms with van der Waals surface area (Å²) >= 11 is 0. The first-order valence-corrected chi connectivity index (χ1v) is 10.7. The van der Waals surface area contributed by atoms with Crippen molar-refractivity contribution in [3.63, 3.8) is 0 Å². The van der Waals surface area contributed by atoms with Crippen LogP contribution in [0, 0.1) is 5.92 Å². The van der Waals surface area contributed by atoms with Gasteiger partial charge in [0.1, 0.15) is 12.1 Å². The normalized spacial score (nSPS) is 13.5. The quantitative estimate of drug-likeness (QED) is 0.358. The van der Waals surface area contributed by atoms with Crippen molar-refractivity contribution >= 4 is 29.5 Å². The highest BCUT2D eigenvalue weighted by atomic mass is 16.4. The molecule has 0 unspecified atom stereocenters. The van der Waals surface area contributed by atoms with Crippen molar-refractivity contribution in [1.29, 1.82) is 0 Å². The van der Waals surface area contributed by atoms with Gasteiger partial charge in [0.15, 0.2) is 5.78 Å². The van der Waals surface area contributed by atoms with Crippen LogP contribution in [0.15, 0.2) is 30.3 Å². The fraction of sp³-hybridized carbons (Fsp3) is 0.522. The summed E-state index contributed by atoms with van der Waals surface area (Å²) in [7, 11) is 0. The summed E-state index contributed by atoms with van der Waals surface area (Å²) < 4.78 is 0. The summed E-state index contributed by atoms with van der Waals surface area (Å²) in [5, 5.41) is 16.6. The molecule has 0 saturated carbocycles. The number of aryl methyl sites for hydroxylation is 1. The van der Waals surface area contributed by atoms with Crippen LogP contribution in [-0.4, -0.2) is 52.7 Å². The Morgan fingerprint density at radius 2 is 1.53 bits per heavy atom. The van der Waals surface area contributed by atoms with Crippen LogP contribution in [0.1, 0.15) is 52.5 Å². The number of carboxylic acids is 1. The Balaban J connectivity index is 2.67. The van der Waals surface area contributed by atoms with E-state index in [-0.39, 0.29) is 24.7 Å². The number of hydrogen-bond donors (Lipinski definition) is 4. The van der Waals surface area contributed by atoms with E-state index in [1.807, 2.05) is 30.3 Å². The number of nitrogens with one attached hydrogen (secondary N) is 3. The van der Waals surface area contributed by atoms with E-state index in [1.165, 1.54) is 6.92 Å². The molecule has 176 valence electrons. The van der Waals surface area contributed by atoms with Gasteiger partial charge in [-0.25, -0.2) is 0 Å². The number of carbonyl (C=O) groups is 5. The average molecular weight is 448 g/mol. The van der Waals surface area contributed by atoms with Gasteiger partial charge in [0.25, 0.3) is 0 Å². The number of Topliss-reactive ketones (excluding diaryl/α,β-unsaturated/α-hetero) is 1. The van der Waals surface area contributed by atoms with Crippen molar-refractivity contribution in [1.82, 2.24) is 16.0 Å². The molecule has 4 N–H and O–H groups in total. The molecule has 0 fully saturated rings. The molecule has 32 heavy (non-hydrogen) atoms. The molecule has 1 aromatic carbocycles. The van der Waals surface area contributed by atoms with Gasteiger partial charge in [-0.15, -0.1) is 0 Å². The molecule has 0 aromatic heterocycles. The Labute approximate surface area is 188 Å². The molecular weight excluding hydrogens is 414 g/mol. The third-order valence-electron chi connectivity index (χ3n) is 4.93. The van der Waals surface area contributed by atoms with Crippen molar-refractivity contribution in [2.45, 2.75) is 71.5 Å². The van der Waals surface area contributed by atoms with Gasteiger partial charge in [0, 0.05) is 12.8 Å². The van der Waals surface area contributed by atoms with Crippen molar-refractivity contribution in [2.24, 2.45) is 5.92 Å². The molecule has 0 spiro atoms. The Hall–Kier alpha value is -3.23. The van der Waals surface area contributed by atoms with Gasteiger partial charge in [-0.05, 0) is 24.8 Å². The zero-order chi connectivity index (χ0) is 24.3. The van der Waals surface area contributed by atoms with E-state index < -0.39 is 48.1 Å². The van der Waals surface area contributed by atoms with E-state index in [0.717, 1.165) is 5.56 Å². The Morgan fingerprint density at radius 1 is 0.906 bits per heavy atom. The van der Waals surface area contributed by atoms with Crippen molar-refractivity contribution in [2.75, 3.05) is 0 Å². The highest BCUT2D eigenvalue weighted by molar-refractivity contribution is 5.95. The topological polar surface area (TPSA) is 142 Å². The van der Waals surface area contributed by atoms with Crippen LogP contribution in [0.4, 0.5) is 0 Å². The first-order chi connectivity index (χ1) is 15.0. The first kappa shape index (κ1) is 26.8. The summed E-state index contributed by atoms with van der Waals surface area (Å²) in [5.41, 5.74) is 1.01. The maximum Gasteiger partial charge on any atom is 0.305 e. The van der Waals surface area contributed by atoms with Crippen molar-refractivity contribution < 1.29 is 29.1 Å². The average Bonchev–Trinajstić information content (AvgIpc) is 2.74. The fourth-order valence-corrected chi connectivity index (χ4v) is 3.01. The lowest BCUT2D eigenvalue weighted by Crippen LogP contribution is -2.56. The smallest absolute Gasteiger partial charge is 0.305 e. The van der Waals surface area contributed by atoms with E-state index in [2.05, 4.69) is 16.0 Å². The summed E-state index contributed by atoms with van der Waals surface area (Å²) in [6.45, 7) is 6.54. The molecule has 9 heteroatoms. The third-order valence-corrected chi connectivity index (χ3v) is 4.93. The SMILES string of the molecule is CCC(=O)[C@H](CC(=O)O)NC(=O)[C@H](C)NC(=O)[C@@H](NC(=O)CCc1ccccc1)C(C)C. The maximum absolute atomic E-state index is 12.7. The van der Waals surface area contributed by atoms with Crippen LogP contribution >= 0.6 is 0 Å². The first-order valence-electron chi connectivity index (χ1n) is 10.7. The Bertz CT molecular complexity index is 809. The summed E-state index contributed by atoms with van der Waals surface area (Å²) in [4.78, 5) is 60.3. The molecule has 3 amide bonds. The minimum absolute atomic E-state index is 0.0728. The van der Waals surface area contributed by atoms with Gasteiger partial charge in [-0.1, -0.05) is 51.1 Å². The van der Waals surface area contributed by atoms with E-state index >= 15 is 0 Å². The van der Waals surface area contributed by atoms with Gasteiger partial charge in [-0.2, -0.15) is 0 Å². The molecule has 0 aliphatic rings. The molecule has 1 rings (SSSR count). The lowest BCUT2D eigenvalue weighted by Gasteiger charge is -2.24. The standard InChI is InChI=1S/C23H33N3O6/c1-5-18(27)17(13-20(29)30)25-22(31)15(4)24-23(32)21(14(2)3)26-19(28)12-11-16-9-7-6-8-10-16/h6-10,14-15,17,21H,5,11-13H2,1-4H3,(H,24,32)(H,25,31)(H,26,28)(H,29,30)/t15-,17-,21-/m0/s1. The molecule has 0 aliphatic carbocycles. The third kappa shape index (κ3) is 9.28. The van der Waals surface area contributed by atoms with E-state index in [9.17, 15) is 24.0 Å². The van der Waals surface area contributed by atoms with Crippen LogP contribution in [0.2, 0.25) is 0 Å². The van der Waals surface area contributed by atoms with Gasteiger partial charge in [0.2, 0.25) is 17.7 Å². The summed E-state index contributed by atoms with van der Waals surface area (Å²) in [6, 6.07) is 6.47. The van der Waals surface area contributed by atoms with Gasteiger partial charge < -0.3 is 21.1 Å². The number of carboxylic acid groups (broad SMARTS) is 1. The van der Waals surface area contributed by atoms with Gasteiger partial charge in [-0.3, -0.25) is 24.0 Å². The molecule has 0 radical (unpaired) electrons. The second-order valence-corrected chi connectivity index (χ2v) is 7.98. The molecule has 0 aliphatic heterocycles. The second-order valence-electron chi connectivity index (χ2n) is 7.98. The van der Waals surface area contributed by atoms with Crippen LogP contribution < -0.4 is 16.0 Å². The summed E-state index contributed by atoms with van der Waals surface area (Å²) in [5.74, 6) is -3.35. The number of benzene rings is 1. The maximum atomic E-state index is 12.7. The number of carbonyl (C=O) groups excluding carboxylic acids is 4. The highest BCUT2D eigenvalue weighted by Crippen LogP contribution is 2.06. The van der Waals surface area contributed by atoms with Gasteiger partial charge in [0.05, 0.1) is 12.5 Å². The molecule has 0 bridgehead atoms. The minimum Gasteiger partial charge on any atom is -0.481 e. The fourth-order valence-electron chi connectivity index (χ4n) is 3.01. The Kier molecular flexibility index (Phi) is 11.1. The molecule has 0 saturated heterocycles. The molecule has 9 nitrogen and oxygen atoms in total. The molecular formula is C23H33N3O6. The lowest BCUT2D eigenvalue weighted by atomic mass is 10.0. The highest BCUT2D eigenvalue weighted by Gasteiger charge is 2.29. The predicted molar refractivity (Wildman–Crippen MR) is 119 cm³/mol. The number of amides is 3. The number of rotatable bonds is 13. The van der Waals surface area contributed by atoms with Crippen LogP contribution in [0.5, 0.6) is 0 Å². The van der Waals surface area contributed by atoms with E-state index in [0.29, 0.717) is 6.42 Å². The second kappa shape index (κ2) is 13.2. The summed E-state index contributed by atoms with van der Waals surface area (Å²) in [6.07, 6.45) is 0.287. The van der Waals surface area contributed by atoms with Crippen molar-refractivity contribution in [3.8, 4) is 0 Å². The zero-order valence-electron chi connectivity index (χ0n) is 19.0.